The molecule has 1 aromatic carbocycles. The van der Waals surface area contributed by atoms with Gasteiger partial charge in [0.2, 0.25) is 5.91 Å². The number of amides is 2. The van der Waals surface area contributed by atoms with Gasteiger partial charge >= 0.3 is 0 Å². The van der Waals surface area contributed by atoms with E-state index in [0.717, 1.165) is 5.56 Å². The summed E-state index contributed by atoms with van der Waals surface area (Å²) in [5.74, 6) is -1.96. The average Bonchev–Trinajstić information content (AvgIpc) is 2.38. The van der Waals surface area contributed by atoms with Crippen LogP contribution < -0.4 is 11.1 Å². The number of carbonyl (C=O) groups excluding carboxylic acids is 2. The zero-order chi connectivity index (χ0) is 13.5. The fourth-order valence-corrected chi connectivity index (χ4v) is 1.38. The number of aliphatic hydroxyl groups excluding tert-OH is 2. The maximum absolute atomic E-state index is 11.4. The molecule has 0 aliphatic rings. The zero-order valence-corrected chi connectivity index (χ0v) is 9.74. The number of hydrogen-bond donors (Lipinski definition) is 4. The molecule has 0 unspecified atom stereocenters. The van der Waals surface area contributed by atoms with Gasteiger partial charge in [-0.15, -0.1) is 0 Å². The Morgan fingerprint density at radius 2 is 1.78 bits per heavy atom. The molecule has 0 aliphatic heterocycles. The van der Waals surface area contributed by atoms with Crippen LogP contribution in [0.1, 0.15) is 5.56 Å². The highest BCUT2D eigenvalue weighted by molar-refractivity contribution is 5.89. The van der Waals surface area contributed by atoms with Crippen LogP contribution in [0.15, 0.2) is 30.3 Å². The van der Waals surface area contributed by atoms with Crippen LogP contribution in [0, 0.1) is 0 Å². The number of nitrogens with one attached hydrogen (secondary N) is 1. The molecule has 0 aromatic heterocycles. The van der Waals surface area contributed by atoms with Crippen molar-refractivity contribution >= 4 is 11.8 Å². The van der Waals surface area contributed by atoms with E-state index in [-0.39, 0.29) is 0 Å². The second-order valence-corrected chi connectivity index (χ2v) is 3.82. The summed E-state index contributed by atoms with van der Waals surface area (Å²) in [6.07, 6.45) is -3.13. The van der Waals surface area contributed by atoms with Crippen LogP contribution in [-0.4, -0.2) is 40.8 Å². The lowest BCUT2D eigenvalue weighted by Gasteiger charge is -2.14. The summed E-state index contributed by atoms with van der Waals surface area (Å²) < 4.78 is 0. The van der Waals surface area contributed by atoms with Crippen molar-refractivity contribution in [1.82, 2.24) is 5.32 Å². The van der Waals surface area contributed by atoms with E-state index in [4.69, 9.17) is 10.8 Å². The monoisotopic (exact) mass is 252 g/mol. The molecule has 0 aliphatic carbocycles. The van der Waals surface area contributed by atoms with Gasteiger partial charge in [-0.3, -0.25) is 9.59 Å². The molecule has 0 radical (unpaired) electrons. The van der Waals surface area contributed by atoms with E-state index in [9.17, 15) is 14.7 Å². The van der Waals surface area contributed by atoms with Gasteiger partial charge in [-0.25, -0.2) is 0 Å². The van der Waals surface area contributed by atoms with Gasteiger partial charge < -0.3 is 21.3 Å². The average molecular weight is 252 g/mol. The Balaban J connectivity index is 2.35. The Morgan fingerprint density at radius 1 is 1.17 bits per heavy atom. The summed E-state index contributed by atoms with van der Waals surface area (Å²) in [7, 11) is 0. The predicted octanol–water partition coefficient (Wildman–Crippen LogP) is -1.45. The Morgan fingerprint density at radius 3 is 2.33 bits per heavy atom. The van der Waals surface area contributed by atoms with Crippen LogP contribution >= 0.6 is 0 Å². The lowest BCUT2D eigenvalue weighted by Crippen LogP contribution is -2.48. The minimum atomic E-state index is -1.89. The van der Waals surface area contributed by atoms with Gasteiger partial charge in [-0.05, 0) is 12.0 Å². The first-order valence-electron chi connectivity index (χ1n) is 5.49. The molecule has 0 fully saturated rings. The molecule has 0 spiro atoms. The minimum absolute atomic E-state index is 0.297. The molecule has 0 heterocycles. The van der Waals surface area contributed by atoms with Gasteiger partial charge in [-0.2, -0.15) is 0 Å². The summed E-state index contributed by atoms with van der Waals surface area (Å²) in [5.41, 5.74) is 5.80. The van der Waals surface area contributed by atoms with Gasteiger partial charge in [-0.1, -0.05) is 30.3 Å². The number of carbonyl (C=O) groups is 2. The minimum Gasteiger partial charge on any atom is -0.380 e. The molecular formula is C12H16N2O4. The third-order valence-corrected chi connectivity index (χ3v) is 2.41. The number of nitrogens with two attached hydrogens (primary N) is 1. The van der Waals surface area contributed by atoms with Crippen molar-refractivity contribution in [1.29, 1.82) is 0 Å². The standard InChI is InChI=1S/C12H16N2O4/c13-11(17)9(15)10(16)12(18)14-7-6-8-4-2-1-3-5-8/h1-5,9-10,15-16H,6-7H2,(H2,13,17)(H,14,18)/t9-,10-/m1/s1. The second kappa shape index (κ2) is 6.73. The van der Waals surface area contributed by atoms with Gasteiger partial charge in [0, 0.05) is 6.54 Å². The van der Waals surface area contributed by atoms with E-state index in [1.807, 2.05) is 30.3 Å². The Bertz CT molecular complexity index is 408. The van der Waals surface area contributed by atoms with Crippen molar-refractivity contribution in [3.8, 4) is 0 Å². The maximum Gasteiger partial charge on any atom is 0.252 e. The molecule has 18 heavy (non-hydrogen) atoms. The number of hydrogen-bond acceptors (Lipinski definition) is 4. The first-order chi connectivity index (χ1) is 8.52. The second-order valence-electron chi connectivity index (χ2n) is 3.82. The topological polar surface area (TPSA) is 113 Å². The van der Waals surface area contributed by atoms with Crippen LogP contribution in [0.5, 0.6) is 0 Å². The first-order valence-corrected chi connectivity index (χ1v) is 5.49. The fourth-order valence-electron chi connectivity index (χ4n) is 1.38. The smallest absolute Gasteiger partial charge is 0.252 e. The van der Waals surface area contributed by atoms with Crippen molar-refractivity contribution in [2.75, 3.05) is 6.54 Å². The predicted molar refractivity (Wildman–Crippen MR) is 64.4 cm³/mol. The molecule has 6 heteroatoms. The lowest BCUT2D eigenvalue weighted by atomic mass is 10.1. The number of rotatable bonds is 6. The normalized spacial score (nSPS) is 13.7. The molecule has 98 valence electrons. The van der Waals surface area contributed by atoms with Gasteiger partial charge in [0.15, 0.2) is 12.2 Å². The molecule has 0 saturated heterocycles. The number of benzene rings is 1. The Labute approximate surface area is 104 Å². The molecule has 0 saturated carbocycles. The van der Waals surface area contributed by atoms with Crippen LogP contribution in [0.25, 0.3) is 0 Å². The molecule has 2 amide bonds. The number of primary amides is 1. The molecule has 0 bridgehead atoms. The van der Waals surface area contributed by atoms with E-state index >= 15 is 0 Å². The molecule has 6 nitrogen and oxygen atoms in total. The van der Waals surface area contributed by atoms with Gasteiger partial charge in [0.05, 0.1) is 0 Å². The largest absolute Gasteiger partial charge is 0.380 e. The Hall–Kier alpha value is -1.92. The maximum atomic E-state index is 11.4. The van der Waals surface area contributed by atoms with Gasteiger partial charge in [0.1, 0.15) is 0 Å². The highest BCUT2D eigenvalue weighted by Crippen LogP contribution is 1.99. The fraction of sp³-hybridized carbons (Fsp3) is 0.333. The highest BCUT2D eigenvalue weighted by atomic mass is 16.3. The van der Waals surface area contributed by atoms with Crippen molar-refractivity contribution in [2.45, 2.75) is 18.6 Å². The van der Waals surface area contributed by atoms with E-state index in [2.05, 4.69) is 5.32 Å². The molecule has 1 rings (SSSR count). The first kappa shape index (κ1) is 14.1. The molecule has 2 atom stereocenters. The van der Waals surface area contributed by atoms with Crippen molar-refractivity contribution in [3.05, 3.63) is 35.9 Å². The molecule has 5 N–H and O–H groups in total. The van der Waals surface area contributed by atoms with E-state index in [1.165, 1.54) is 0 Å². The van der Waals surface area contributed by atoms with E-state index < -0.39 is 24.0 Å². The third-order valence-electron chi connectivity index (χ3n) is 2.41. The van der Waals surface area contributed by atoms with E-state index in [1.54, 1.807) is 0 Å². The zero-order valence-electron chi connectivity index (χ0n) is 9.74. The summed E-state index contributed by atoms with van der Waals surface area (Å²) in [6, 6.07) is 9.45. The Kier molecular flexibility index (Phi) is 5.29. The van der Waals surface area contributed by atoms with Crippen LogP contribution in [0.4, 0.5) is 0 Å². The molecular weight excluding hydrogens is 236 g/mol. The third kappa shape index (κ3) is 4.15. The van der Waals surface area contributed by atoms with Gasteiger partial charge in [0.25, 0.3) is 5.91 Å². The van der Waals surface area contributed by atoms with E-state index in [0.29, 0.717) is 13.0 Å². The van der Waals surface area contributed by atoms with Crippen molar-refractivity contribution < 1.29 is 19.8 Å². The quantitative estimate of drug-likeness (QED) is 0.496. The number of aliphatic hydroxyl groups is 2. The van der Waals surface area contributed by atoms with Crippen molar-refractivity contribution in [3.63, 3.8) is 0 Å². The molecule has 1 aromatic rings. The SMILES string of the molecule is NC(=O)[C@H](O)[C@@H](O)C(=O)NCCc1ccccc1. The summed E-state index contributed by atoms with van der Waals surface area (Å²) in [5, 5.41) is 20.8. The summed E-state index contributed by atoms with van der Waals surface area (Å²) >= 11 is 0. The van der Waals surface area contributed by atoms with Crippen LogP contribution in [0.3, 0.4) is 0 Å². The lowest BCUT2D eigenvalue weighted by molar-refractivity contribution is -0.144. The summed E-state index contributed by atoms with van der Waals surface area (Å²) in [6.45, 7) is 0.297. The van der Waals surface area contributed by atoms with Crippen LogP contribution in [-0.2, 0) is 16.0 Å². The highest BCUT2D eigenvalue weighted by Gasteiger charge is 2.27. The summed E-state index contributed by atoms with van der Waals surface area (Å²) in [4.78, 5) is 21.9. The van der Waals surface area contributed by atoms with Crippen LogP contribution in [0.2, 0.25) is 0 Å². The van der Waals surface area contributed by atoms with Crippen molar-refractivity contribution in [2.24, 2.45) is 5.73 Å².